The summed E-state index contributed by atoms with van der Waals surface area (Å²) in [6.45, 7) is 1.37. The first-order valence-corrected chi connectivity index (χ1v) is 3.28. The van der Waals surface area contributed by atoms with Gasteiger partial charge in [0.15, 0.2) is 0 Å². The second-order valence-corrected chi connectivity index (χ2v) is 2.45. The number of aryl methyl sites for hydroxylation is 1. The maximum Gasteiger partial charge on any atom is 0.251 e. The van der Waals surface area contributed by atoms with Gasteiger partial charge in [0, 0.05) is 0 Å². The molecule has 0 saturated carbocycles. The van der Waals surface area contributed by atoms with E-state index in [4.69, 9.17) is 5.73 Å². The van der Waals surface area contributed by atoms with E-state index in [1.54, 1.807) is 0 Å². The Bertz CT molecular complexity index is 336. The highest BCUT2D eigenvalue weighted by atomic mass is 19.1. The van der Waals surface area contributed by atoms with Crippen molar-refractivity contribution >= 4 is 5.91 Å². The molecule has 1 amide bonds. The summed E-state index contributed by atoms with van der Waals surface area (Å²) in [5.41, 5.74) is 4.47. The normalized spacial score (nSPS) is 9.92. The third-order valence-corrected chi connectivity index (χ3v) is 1.48. The topological polar surface area (TPSA) is 43.1 Å². The molecule has 0 aliphatic heterocycles. The van der Waals surface area contributed by atoms with Crippen LogP contribution in [-0.4, -0.2) is 5.91 Å². The van der Waals surface area contributed by atoms with Crippen molar-refractivity contribution in [3.8, 4) is 0 Å². The summed E-state index contributed by atoms with van der Waals surface area (Å²) in [6.07, 6.45) is 0. The van der Waals surface area contributed by atoms with Gasteiger partial charge in [0.05, 0.1) is 5.56 Å². The predicted molar refractivity (Wildman–Crippen MR) is 39.6 cm³/mol. The average molecular weight is 171 g/mol. The standard InChI is InChI=1S/C8H7F2NO/c1-4-2-5(9)3-6(7(4)10)8(11)12/h2-3H,1H3,(H2,11,12). The van der Waals surface area contributed by atoms with Gasteiger partial charge >= 0.3 is 0 Å². The summed E-state index contributed by atoms with van der Waals surface area (Å²) in [5.74, 6) is -2.39. The molecule has 0 aliphatic rings. The molecule has 12 heavy (non-hydrogen) atoms. The molecule has 0 atom stereocenters. The zero-order valence-electron chi connectivity index (χ0n) is 6.40. The van der Waals surface area contributed by atoms with Crippen molar-refractivity contribution in [1.29, 1.82) is 0 Å². The summed E-state index contributed by atoms with van der Waals surface area (Å²) in [4.78, 5) is 10.5. The van der Waals surface area contributed by atoms with Gasteiger partial charge < -0.3 is 5.73 Å². The van der Waals surface area contributed by atoms with Crippen molar-refractivity contribution < 1.29 is 13.6 Å². The number of nitrogens with two attached hydrogens (primary N) is 1. The van der Waals surface area contributed by atoms with Crippen LogP contribution in [0, 0.1) is 18.6 Å². The molecule has 0 saturated heterocycles. The van der Waals surface area contributed by atoms with E-state index in [1.807, 2.05) is 0 Å². The van der Waals surface area contributed by atoms with E-state index in [0.29, 0.717) is 0 Å². The van der Waals surface area contributed by atoms with Crippen LogP contribution in [-0.2, 0) is 0 Å². The number of benzene rings is 1. The van der Waals surface area contributed by atoms with Crippen LogP contribution in [0.5, 0.6) is 0 Å². The van der Waals surface area contributed by atoms with Crippen LogP contribution in [0.25, 0.3) is 0 Å². The lowest BCUT2D eigenvalue weighted by Crippen LogP contribution is -2.14. The number of halogens is 2. The highest BCUT2D eigenvalue weighted by Crippen LogP contribution is 2.13. The zero-order chi connectivity index (χ0) is 9.30. The number of primary amides is 1. The van der Waals surface area contributed by atoms with Crippen molar-refractivity contribution in [1.82, 2.24) is 0 Å². The summed E-state index contributed by atoms with van der Waals surface area (Å²) in [7, 11) is 0. The van der Waals surface area contributed by atoms with Crippen LogP contribution in [0.4, 0.5) is 8.78 Å². The molecule has 0 fully saturated rings. The van der Waals surface area contributed by atoms with E-state index in [9.17, 15) is 13.6 Å². The number of rotatable bonds is 1. The molecule has 1 aromatic rings. The van der Waals surface area contributed by atoms with Gasteiger partial charge in [-0.3, -0.25) is 4.79 Å². The van der Waals surface area contributed by atoms with E-state index in [2.05, 4.69) is 0 Å². The second kappa shape index (κ2) is 2.89. The lowest BCUT2D eigenvalue weighted by molar-refractivity contribution is 0.0996. The van der Waals surface area contributed by atoms with Crippen molar-refractivity contribution in [2.45, 2.75) is 6.92 Å². The van der Waals surface area contributed by atoms with Gasteiger partial charge in [-0.25, -0.2) is 8.78 Å². The molecule has 0 bridgehead atoms. The van der Waals surface area contributed by atoms with Crippen LogP contribution in [0.2, 0.25) is 0 Å². The Morgan fingerprint density at radius 1 is 1.42 bits per heavy atom. The summed E-state index contributed by atoms with van der Waals surface area (Å²) < 4.78 is 25.6. The SMILES string of the molecule is Cc1cc(F)cc(C(N)=O)c1F. The Morgan fingerprint density at radius 2 is 2.00 bits per heavy atom. The average Bonchev–Trinajstić information content (AvgIpc) is 1.96. The van der Waals surface area contributed by atoms with E-state index in [1.165, 1.54) is 6.92 Å². The molecule has 0 spiro atoms. The van der Waals surface area contributed by atoms with E-state index >= 15 is 0 Å². The number of carbonyl (C=O) groups is 1. The molecule has 0 aliphatic carbocycles. The third-order valence-electron chi connectivity index (χ3n) is 1.48. The molecule has 4 heteroatoms. The molecule has 0 radical (unpaired) electrons. The monoisotopic (exact) mass is 171 g/mol. The Morgan fingerprint density at radius 3 is 2.50 bits per heavy atom. The van der Waals surface area contributed by atoms with E-state index in [-0.39, 0.29) is 5.56 Å². The minimum absolute atomic E-state index is 0.0730. The summed E-state index contributed by atoms with van der Waals surface area (Å²) in [5, 5.41) is 0. The first-order valence-electron chi connectivity index (χ1n) is 3.28. The molecular weight excluding hydrogens is 164 g/mol. The molecule has 1 aromatic carbocycles. The lowest BCUT2D eigenvalue weighted by Gasteiger charge is -2.01. The maximum absolute atomic E-state index is 13.0. The predicted octanol–water partition coefficient (Wildman–Crippen LogP) is 1.37. The van der Waals surface area contributed by atoms with Gasteiger partial charge in [0.1, 0.15) is 11.6 Å². The quantitative estimate of drug-likeness (QED) is 0.681. The fourth-order valence-corrected chi connectivity index (χ4v) is 0.905. The van der Waals surface area contributed by atoms with Gasteiger partial charge in [0.25, 0.3) is 5.91 Å². The largest absolute Gasteiger partial charge is 0.366 e. The van der Waals surface area contributed by atoms with Gasteiger partial charge in [-0.1, -0.05) is 0 Å². The van der Waals surface area contributed by atoms with E-state index in [0.717, 1.165) is 12.1 Å². The summed E-state index contributed by atoms with van der Waals surface area (Å²) in [6, 6.07) is 1.78. The Balaban J connectivity index is 3.37. The lowest BCUT2D eigenvalue weighted by atomic mass is 10.1. The van der Waals surface area contributed by atoms with Crippen molar-refractivity contribution in [3.05, 3.63) is 34.9 Å². The van der Waals surface area contributed by atoms with Crippen LogP contribution in [0.1, 0.15) is 15.9 Å². The molecule has 0 unspecified atom stereocenters. The van der Waals surface area contributed by atoms with Gasteiger partial charge in [-0.2, -0.15) is 0 Å². The number of amides is 1. The fourth-order valence-electron chi connectivity index (χ4n) is 0.905. The molecular formula is C8H7F2NO. The Hall–Kier alpha value is -1.45. The van der Waals surface area contributed by atoms with Crippen LogP contribution in [0.15, 0.2) is 12.1 Å². The fraction of sp³-hybridized carbons (Fsp3) is 0.125. The molecule has 2 N–H and O–H groups in total. The van der Waals surface area contributed by atoms with Crippen molar-refractivity contribution in [2.24, 2.45) is 5.73 Å². The highest BCUT2D eigenvalue weighted by Gasteiger charge is 2.11. The van der Waals surface area contributed by atoms with Crippen LogP contribution >= 0.6 is 0 Å². The Kier molecular flexibility index (Phi) is 2.08. The highest BCUT2D eigenvalue weighted by molar-refractivity contribution is 5.93. The second-order valence-electron chi connectivity index (χ2n) is 2.45. The first-order chi connectivity index (χ1) is 5.52. The molecule has 0 heterocycles. The zero-order valence-corrected chi connectivity index (χ0v) is 6.40. The van der Waals surface area contributed by atoms with Crippen LogP contribution in [0.3, 0.4) is 0 Å². The number of hydrogen-bond acceptors (Lipinski definition) is 1. The van der Waals surface area contributed by atoms with Crippen LogP contribution < -0.4 is 5.73 Å². The molecule has 1 rings (SSSR count). The molecule has 64 valence electrons. The van der Waals surface area contributed by atoms with Crippen molar-refractivity contribution in [2.75, 3.05) is 0 Å². The Labute approximate surface area is 68.0 Å². The molecule has 2 nitrogen and oxygen atoms in total. The smallest absolute Gasteiger partial charge is 0.251 e. The van der Waals surface area contributed by atoms with Crippen molar-refractivity contribution in [3.63, 3.8) is 0 Å². The maximum atomic E-state index is 13.0. The summed E-state index contributed by atoms with van der Waals surface area (Å²) >= 11 is 0. The van der Waals surface area contributed by atoms with Gasteiger partial charge in [0.2, 0.25) is 0 Å². The van der Waals surface area contributed by atoms with Gasteiger partial charge in [-0.15, -0.1) is 0 Å². The minimum atomic E-state index is -0.963. The first kappa shape index (κ1) is 8.64. The molecule has 0 aromatic heterocycles. The van der Waals surface area contributed by atoms with Gasteiger partial charge in [-0.05, 0) is 24.6 Å². The third kappa shape index (κ3) is 1.42. The minimum Gasteiger partial charge on any atom is -0.366 e. The number of hydrogen-bond donors (Lipinski definition) is 1. The van der Waals surface area contributed by atoms with E-state index < -0.39 is 23.1 Å². The number of carbonyl (C=O) groups excluding carboxylic acids is 1.